The van der Waals surface area contributed by atoms with E-state index in [2.05, 4.69) is 9.97 Å². The summed E-state index contributed by atoms with van der Waals surface area (Å²) in [7, 11) is -9.25. The van der Waals surface area contributed by atoms with Crippen LogP contribution in [0, 0.1) is 0 Å². The molecule has 1 aliphatic heterocycles. The fraction of sp³-hybridized carbons (Fsp3) is 0.318. The fourth-order valence-electron chi connectivity index (χ4n) is 3.43. The van der Waals surface area contributed by atoms with Gasteiger partial charge in [0.05, 0.1) is 24.4 Å². The number of aromatic nitrogens is 2. The smallest absolute Gasteiger partial charge is 0.418 e. The summed E-state index contributed by atoms with van der Waals surface area (Å²) in [5.41, 5.74) is 2.97. The number of quaternary nitrogens is 1. The molecule has 13 heteroatoms. The molecule has 1 aliphatic rings. The molecule has 0 aliphatic carbocycles. The Kier molecular flexibility index (Phi) is 11.0. The lowest BCUT2D eigenvalue weighted by atomic mass is 9.95. The van der Waals surface area contributed by atoms with E-state index >= 15 is 0 Å². The Hall–Kier alpha value is -2.66. The van der Waals surface area contributed by atoms with Crippen LogP contribution in [0.15, 0.2) is 60.2 Å². The SMILES string of the molecule is CCOP(=O)(C[NH+]1C/C(=C\c2cccnc2)C(=O)/C(=C/c2cccnc2)C1)OCC.F[B-](F)(F)F. The van der Waals surface area contributed by atoms with Gasteiger partial charge in [0.25, 0.3) is 0 Å². The Morgan fingerprint density at radius 1 is 0.943 bits per heavy atom. The van der Waals surface area contributed by atoms with Crippen molar-refractivity contribution in [3.8, 4) is 0 Å². The van der Waals surface area contributed by atoms with Gasteiger partial charge in [-0.2, -0.15) is 0 Å². The van der Waals surface area contributed by atoms with E-state index < -0.39 is 14.9 Å². The zero-order chi connectivity index (χ0) is 25.9. The third kappa shape index (κ3) is 10.6. The van der Waals surface area contributed by atoms with Gasteiger partial charge in [0.2, 0.25) is 0 Å². The lowest BCUT2D eigenvalue weighted by Crippen LogP contribution is -3.13. The highest BCUT2D eigenvalue weighted by atomic mass is 31.2. The molecule has 0 amide bonds. The molecule has 0 bridgehead atoms. The van der Waals surface area contributed by atoms with Crippen molar-refractivity contribution in [1.29, 1.82) is 0 Å². The van der Waals surface area contributed by atoms with Crippen LogP contribution >= 0.6 is 7.60 Å². The molecule has 35 heavy (non-hydrogen) atoms. The van der Waals surface area contributed by atoms with Crippen molar-refractivity contribution < 1.29 is 40.6 Å². The Balaban J connectivity index is 0.000000784. The van der Waals surface area contributed by atoms with Crippen molar-refractivity contribution in [3.05, 3.63) is 71.3 Å². The lowest BCUT2D eigenvalue weighted by Gasteiger charge is -2.29. The van der Waals surface area contributed by atoms with Gasteiger partial charge in [0.15, 0.2) is 12.1 Å². The van der Waals surface area contributed by atoms with Crippen LogP contribution in [0.25, 0.3) is 12.2 Å². The van der Waals surface area contributed by atoms with E-state index in [1.54, 1.807) is 38.6 Å². The molecule has 1 N–H and O–H groups in total. The molecule has 2 aromatic rings. The maximum absolute atomic E-state index is 13.2. The lowest BCUT2D eigenvalue weighted by molar-refractivity contribution is -0.879. The van der Waals surface area contributed by atoms with Gasteiger partial charge in [0.1, 0.15) is 13.1 Å². The fourth-order valence-corrected chi connectivity index (χ4v) is 5.25. The molecule has 0 unspecified atom stereocenters. The molecule has 3 heterocycles. The standard InChI is InChI=1S/C22H26N3O4P.BF4/c1-3-28-30(27,29-4-2)17-25-15-20(11-18-7-5-9-23-13-18)22(26)21(16-25)12-19-8-6-10-24-14-19;2-1(3,4)5/h5-14H,3-4,15-17H2,1-2H3;/q;-1/p+1/b20-11+,21-12+;. The summed E-state index contributed by atoms with van der Waals surface area (Å²) in [6, 6.07) is 7.46. The average molecular weight is 515 g/mol. The first-order valence-corrected chi connectivity index (χ1v) is 12.6. The topological polar surface area (TPSA) is 82.8 Å². The quantitative estimate of drug-likeness (QED) is 0.248. The monoisotopic (exact) mass is 515 g/mol. The number of pyridine rings is 2. The van der Waals surface area contributed by atoms with Crippen LogP contribution in [0.4, 0.5) is 17.3 Å². The van der Waals surface area contributed by atoms with Crippen molar-refractivity contribution in [2.24, 2.45) is 0 Å². The zero-order valence-electron chi connectivity index (χ0n) is 19.4. The molecule has 1 saturated heterocycles. The first-order valence-electron chi connectivity index (χ1n) is 10.9. The molecule has 0 saturated carbocycles. The second kappa shape index (κ2) is 13.4. The largest absolute Gasteiger partial charge is 0.673 e. The molecule has 0 spiro atoms. The van der Waals surface area contributed by atoms with Gasteiger partial charge in [-0.05, 0) is 49.3 Å². The number of carbonyl (C=O) groups excluding carboxylic acids is 1. The predicted molar refractivity (Wildman–Crippen MR) is 126 cm³/mol. The van der Waals surface area contributed by atoms with E-state index in [9.17, 15) is 26.6 Å². The van der Waals surface area contributed by atoms with E-state index in [1.807, 2.05) is 36.4 Å². The summed E-state index contributed by atoms with van der Waals surface area (Å²) in [4.78, 5) is 22.4. The molecule has 0 aromatic carbocycles. The van der Waals surface area contributed by atoms with Crippen LogP contribution < -0.4 is 4.90 Å². The summed E-state index contributed by atoms with van der Waals surface area (Å²) in [5, 5.41) is 0. The summed E-state index contributed by atoms with van der Waals surface area (Å²) in [6.07, 6.45) is 10.7. The van der Waals surface area contributed by atoms with Crippen LogP contribution in [0.3, 0.4) is 0 Å². The molecule has 0 atom stereocenters. The Morgan fingerprint density at radius 2 is 1.37 bits per heavy atom. The van der Waals surface area contributed by atoms with Crippen molar-refractivity contribution >= 4 is 32.8 Å². The maximum atomic E-state index is 13.2. The van der Waals surface area contributed by atoms with E-state index in [0.29, 0.717) is 37.4 Å². The highest BCUT2D eigenvalue weighted by Crippen LogP contribution is 2.45. The number of nitrogens with one attached hydrogen (secondary N) is 1. The van der Waals surface area contributed by atoms with Crippen molar-refractivity contribution in [2.45, 2.75) is 13.8 Å². The zero-order valence-corrected chi connectivity index (χ0v) is 20.3. The van der Waals surface area contributed by atoms with Gasteiger partial charge < -0.3 is 31.2 Å². The Labute approximate surface area is 201 Å². The number of carbonyl (C=O) groups is 1. The molecule has 7 nitrogen and oxygen atoms in total. The highest BCUT2D eigenvalue weighted by Gasteiger charge is 2.36. The summed E-state index contributed by atoms with van der Waals surface area (Å²) in [6.45, 7) is 5.06. The normalized spacial score (nSPS) is 18.9. The number of hydrogen-bond acceptors (Lipinski definition) is 6. The van der Waals surface area contributed by atoms with Crippen molar-refractivity contribution in [2.75, 3.05) is 32.6 Å². The highest BCUT2D eigenvalue weighted by molar-refractivity contribution is 7.53. The van der Waals surface area contributed by atoms with Gasteiger partial charge >= 0.3 is 14.9 Å². The molecule has 190 valence electrons. The third-order valence-corrected chi connectivity index (χ3v) is 6.72. The third-order valence-electron chi connectivity index (χ3n) is 4.58. The second-order valence-electron chi connectivity index (χ2n) is 7.44. The maximum Gasteiger partial charge on any atom is 0.673 e. The van der Waals surface area contributed by atoms with Crippen molar-refractivity contribution in [1.82, 2.24) is 9.97 Å². The molecule has 0 radical (unpaired) electrons. The van der Waals surface area contributed by atoms with Crippen LogP contribution in [-0.2, 0) is 18.4 Å². The van der Waals surface area contributed by atoms with Gasteiger partial charge in [-0.25, -0.2) is 0 Å². The van der Waals surface area contributed by atoms with E-state index in [0.717, 1.165) is 16.0 Å². The first-order chi connectivity index (χ1) is 16.5. The van der Waals surface area contributed by atoms with Gasteiger partial charge in [-0.15, -0.1) is 0 Å². The van der Waals surface area contributed by atoms with Crippen molar-refractivity contribution in [3.63, 3.8) is 0 Å². The van der Waals surface area contributed by atoms with E-state index in [1.165, 1.54) is 0 Å². The number of ketones is 1. The van der Waals surface area contributed by atoms with E-state index in [4.69, 9.17) is 9.05 Å². The number of nitrogens with zero attached hydrogens (tertiary/aromatic N) is 2. The molecular weight excluding hydrogens is 488 g/mol. The van der Waals surface area contributed by atoms with Crippen LogP contribution in [0.1, 0.15) is 25.0 Å². The summed E-state index contributed by atoms with van der Waals surface area (Å²) < 4.78 is 63.0. The number of rotatable bonds is 8. The first kappa shape index (κ1) is 28.6. The van der Waals surface area contributed by atoms with Gasteiger partial charge in [-0.1, -0.05) is 12.1 Å². The minimum Gasteiger partial charge on any atom is -0.418 e. The Morgan fingerprint density at radius 3 is 1.71 bits per heavy atom. The molecule has 2 aromatic heterocycles. The summed E-state index contributed by atoms with van der Waals surface area (Å²) in [5.74, 6) is -0.0193. The average Bonchev–Trinajstić information content (AvgIpc) is 2.77. The molecular formula is C22H27BF4N3O4P. The number of likely N-dealkylation sites (tertiary alicyclic amines) is 1. The Bertz CT molecular complexity index is 992. The molecule has 3 rings (SSSR count). The van der Waals surface area contributed by atoms with E-state index in [-0.39, 0.29) is 12.1 Å². The molecule has 1 fully saturated rings. The number of piperidine rings is 1. The van der Waals surface area contributed by atoms with Gasteiger partial charge in [-0.3, -0.25) is 19.3 Å². The number of hydrogen-bond donors (Lipinski definition) is 1. The minimum absolute atomic E-state index is 0.0193. The second-order valence-corrected chi connectivity index (χ2v) is 9.50. The summed E-state index contributed by atoms with van der Waals surface area (Å²) >= 11 is 0. The van der Waals surface area contributed by atoms with Crippen LogP contribution in [0.5, 0.6) is 0 Å². The number of Topliss-reactive ketones (excluding diaryl/α,β-unsaturated/α-hetero) is 1. The van der Waals surface area contributed by atoms with Crippen LogP contribution in [0.2, 0.25) is 0 Å². The predicted octanol–water partition coefficient (Wildman–Crippen LogP) is 3.93. The number of halogens is 4. The van der Waals surface area contributed by atoms with Crippen LogP contribution in [-0.4, -0.2) is 55.6 Å². The minimum atomic E-state index is -6.00. The van der Waals surface area contributed by atoms with Gasteiger partial charge in [0, 0.05) is 24.8 Å².